The first-order chi connectivity index (χ1) is 8.91. The van der Waals surface area contributed by atoms with Gasteiger partial charge in [-0.25, -0.2) is 13.4 Å². The molecule has 9 heteroatoms. The van der Waals surface area contributed by atoms with Crippen molar-refractivity contribution in [3.05, 3.63) is 40.4 Å². The summed E-state index contributed by atoms with van der Waals surface area (Å²) in [4.78, 5) is 3.73. The Kier molecular flexibility index (Phi) is 4.10. The van der Waals surface area contributed by atoms with Gasteiger partial charge < -0.3 is 0 Å². The van der Waals surface area contributed by atoms with Crippen LogP contribution in [0.5, 0.6) is 0 Å². The van der Waals surface area contributed by atoms with Crippen molar-refractivity contribution in [2.45, 2.75) is 11.4 Å². The van der Waals surface area contributed by atoms with Crippen molar-refractivity contribution in [2.75, 3.05) is 7.05 Å². The molecule has 0 saturated carbocycles. The number of halogens is 2. The molecule has 0 spiro atoms. The predicted octanol–water partition coefficient (Wildman–Crippen LogP) is 1.93. The molecule has 0 saturated heterocycles. The van der Waals surface area contributed by atoms with Gasteiger partial charge in [-0.15, -0.1) is 0 Å². The fourth-order valence-corrected chi connectivity index (χ4v) is 2.90. The van der Waals surface area contributed by atoms with E-state index in [1.807, 2.05) is 0 Å². The SMILES string of the molecule is CN(Cc1cn[nH]c1)S(=O)(=O)c1cnc(Cl)c(Cl)c1. The highest BCUT2D eigenvalue weighted by Gasteiger charge is 2.22. The van der Waals surface area contributed by atoms with Gasteiger partial charge in [-0.1, -0.05) is 23.2 Å². The van der Waals surface area contributed by atoms with E-state index < -0.39 is 10.0 Å². The first-order valence-corrected chi connectivity index (χ1v) is 7.36. The summed E-state index contributed by atoms with van der Waals surface area (Å²) in [6.45, 7) is 0.194. The summed E-state index contributed by atoms with van der Waals surface area (Å²) in [5.41, 5.74) is 0.749. The number of H-pyrrole nitrogens is 1. The molecule has 2 aromatic rings. The summed E-state index contributed by atoms with van der Waals surface area (Å²) in [6.07, 6.45) is 4.35. The first kappa shape index (κ1) is 14.3. The van der Waals surface area contributed by atoms with Crippen LogP contribution >= 0.6 is 23.2 Å². The maximum atomic E-state index is 12.3. The van der Waals surface area contributed by atoms with Gasteiger partial charge in [0.15, 0.2) is 0 Å². The van der Waals surface area contributed by atoms with Crippen molar-refractivity contribution < 1.29 is 8.42 Å². The van der Waals surface area contributed by atoms with Gasteiger partial charge in [-0.3, -0.25) is 5.10 Å². The molecule has 0 aromatic carbocycles. The van der Waals surface area contributed by atoms with Gasteiger partial charge in [-0.2, -0.15) is 9.40 Å². The number of hydrogen-bond acceptors (Lipinski definition) is 4. The standard InChI is InChI=1S/C10H10Cl2N4O2S/c1-16(6-7-3-14-15-4-7)19(17,18)8-2-9(11)10(12)13-5-8/h2-5H,6H2,1H3,(H,14,15). The Morgan fingerprint density at radius 2 is 2.11 bits per heavy atom. The van der Waals surface area contributed by atoms with Crippen molar-refractivity contribution in [3.63, 3.8) is 0 Å². The van der Waals surface area contributed by atoms with E-state index in [1.54, 1.807) is 12.4 Å². The zero-order chi connectivity index (χ0) is 14.0. The number of rotatable bonds is 4. The molecule has 2 rings (SSSR count). The maximum Gasteiger partial charge on any atom is 0.244 e. The van der Waals surface area contributed by atoms with Crippen LogP contribution < -0.4 is 0 Å². The summed E-state index contributed by atoms with van der Waals surface area (Å²) in [7, 11) is -2.21. The molecular weight excluding hydrogens is 311 g/mol. The van der Waals surface area contributed by atoms with E-state index in [4.69, 9.17) is 23.2 Å². The highest BCUT2D eigenvalue weighted by molar-refractivity contribution is 7.89. The number of aromatic nitrogens is 3. The molecule has 0 bridgehead atoms. The van der Waals surface area contributed by atoms with Gasteiger partial charge in [0.2, 0.25) is 10.0 Å². The third-order valence-corrected chi connectivity index (χ3v) is 4.89. The highest BCUT2D eigenvalue weighted by atomic mass is 35.5. The molecule has 0 radical (unpaired) electrons. The Labute approximate surface area is 120 Å². The lowest BCUT2D eigenvalue weighted by Crippen LogP contribution is -2.26. The average Bonchev–Trinajstić information content (AvgIpc) is 2.85. The van der Waals surface area contributed by atoms with Gasteiger partial charge in [0, 0.05) is 31.5 Å². The molecule has 19 heavy (non-hydrogen) atoms. The van der Waals surface area contributed by atoms with Gasteiger partial charge in [0.05, 0.1) is 11.2 Å². The quantitative estimate of drug-likeness (QED) is 0.873. The van der Waals surface area contributed by atoms with Crippen LogP contribution in [0.2, 0.25) is 10.2 Å². The number of hydrogen-bond donors (Lipinski definition) is 1. The molecule has 0 aliphatic rings. The minimum atomic E-state index is -3.67. The van der Waals surface area contributed by atoms with Crippen LogP contribution in [-0.2, 0) is 16.6 Å². The van der Waals surface area contributed by atoms with Crippen LogP contribution in [0.25, 0.3) is 0 Å². The van der Waals surface area contributed by atoms with Gasteiger partial charge >= 0.3 is 0 Å². The zero-order valence-corrected chi connectivity index (χ0v) is 12.2. The summed E-state index contributed by atoms with van der Waals surface area (Å²) < 4.78 is 25.7. The van der Waals surface area contributed by atoms with Crippen LogP contribution in [0, 0.1) is 0 Å². The Morgan fingerprint density at radius 1 is 1.37 bits per heavy atom. The molecule has 0 unspecified atom stereocenters. The Hall–Kier alpha value is -1.15. The van der Waals surface area contributed by atoms with E-state index in [9.17, 15) is 8.42 Å². The number of aromatic amines is 1. The average molecular weight is 321 g/mol. The Bertz CT molecular complexity index is 673. The maximum absolute atomic E-state index is 12.3. The normalized spacial score (nSPS) is 12.0. The van der Waals surface area contributed by atoms with E-state index in [0.29, 0.717) is 0 Å². The topological polar surface area (TPSA) is 79.0 Å². The summed E-state index contributed by atoms with van der Waals surface area (Å²) in [5.74, 6) is 0. The molecule has 6 nitrogen and oxygen atoms in total. The second-order valence-corrected chi connectivity index (χ2v) is 6.62. The second kappa shape index (κ2) is 5.46. The van der Waals surface area contributed by atoms with E-state index in [2.05, 4.69) is 15.2 Å². The van der Waals surface area contributed by atoms with Gasteiger partial charge in [0.1, 0.15) is 10.0 Å². The van der Waals surface area contributed by atoms with Crippen molar-refractivity contribution in [3.8, 4) is 0 Å². The van der Waals surface area contributed by atoms with Crippen molar-refractivity contribution in [1.29, 1.82) is 0 Å². The fraction of sp³-hybridized carbons (Fsp3) is 0.200. The minimum Gasteiger partial charge on any atom is -0.285 e. The third kappa shape index (κ3) is 3.06. The summed E-state index contributed by atoms with van der Waals surface area (Å²) in [5, 5.41) is 6.54. The molecule has 2 heterocycles. The second-order valence-electron chi connectivity index (χ2n) is 3.81. The summed E-state index contributed by atoms with van der Waals surface area (Å²) in [6, 6.07) is 1.28. The Balaban J connectivity index is 2.28. The lowest BCUT2D eigenvalue weighted by Gasteiger charge is -2.16. The number of pyridine rings is 1. The molecule has 0 atom stereocenters. The van der Waals surface area contributed by atoms with E-state index in [-0.39, 0.29) is 21.6 Å². The fourth-order valence-electron chi connectivity index (χ4n) is 1.43. The minimum absolute atomic E-state index is 0.00658. The number of nitrogens with zero attached hydrogens (tertiary/aromatic N) is 3. The van der Waals surface area contributed by atoms with Crippen LogP contribution in [0.1, 0.15) is 5.56 Å². The largest absolute Gasteiger partial charge is 0.285 e. The molecule has 2 aromatic heterocycles. The van der Waals surface area contributed by atoms with Crippen LogP contribution in [0.4, 0.5) is 0 Å². The number of sulfonamides is 1. The lowest BCUT2D eigenvalue weighted by atomic mass is 10.4. The first-order valence-electron chi connectivity index (χ1n) is 5.16. The van der Waals surface area contributed by atoms with E-state index in [0.717, 1.165) is 5.56 Å². The van der Waals surface area contributed by atoms with E-state index >= 15 is 0 Å². The van der Waals surface area contributed by atoms with Crippen LogP contribution in [-0.4, -0.2) is 35.0 Å². The van der Waals surface area contributed by atoms with Crippen LogP contribution in [0.3, 0.4) is 0 Å². The monoisotopic (exact) mass is 320 g/mol. The predicted molar refractivity (Wildman–Crippen MR) is 71.5 cm³/mol. The lowest BCUT2D eigenvalue weighted by molar-refractivity contribution is 0.466. The van der Waals surface area contributed by atoms with Gasteiger partial charge in [-0.05, 0) is 6.07 Å². The van der Waals surface area contributed by atoms with E-state index in [1.165, 1.54) is 23.6 Å². The zero-order valence-electron chi connectivity index (χ0n) is 9.84. The molecule has 0 amide bonds. The molecule has 1 N–H and O–H groups in total. The van der Waals surface area contributed by atoms with Crippen molar-refractivity contribution in [2.24, 2.45) is 0 Å². The highest BCUT2D eigenvalue weighted by Crippen LogP contribution is 2.24. The van der Waals surface area contributed by atoms with Crippen LogP contribution in [0.15, 0.2) is 29.6 Å². The van der Waals surface area contributed by atoms with Crippen molar-refractivity contribution >= 4 is 33.2 Å². The molecule has 0 aliphatic carbocycles. The molecule has 102 valence electrons. The third-order valence-electron chi connectivity index (χ3n) is 2.44. The Morgan fingerprint density at radius 3 is 2.68 bits per heavy atom. The smallest absolute Gasteiger partial charge is 0.244 e. The van der Waals surface area contributed by atoms with Gasteiger partial charge in [0.25, 0.3) is 0 Å². The molecule has 0 aliphatic heterocycles. The number of nitrogens with one attached hydrogen (secondary N) is 1. The molecule has 0 fully saturated rings. The molecular formula is C10H10Cl2N4O2S. The van der Waals surface area contributed by atoms with Crippen molar-refractivity contribution in [1.82, 2.24) is 19.5 Å². The summed E-state index contributed by atoms with van der Waals surface area (Å²) >= 11 is 11.4.